The predicted octanol–water partition coefficient (Wildman–Crippen LogP) is 3.08. The number of fused-ring (bicyclic) bond motifs is 1. The lowest BCUT2D eigenvalue weighted by molar-refractivity contribution is 0.194. The first-order chi connectivity index (χ1) is 13.7. The lowest BCUT2D eigenvalue weighted by Crippen LogP contribution is -2.35. The number of likely N-dealkylation sites (tertiary alicyclic amines) is 1. The van der Waals surface area contributed by atoms with Gasteiger partial charge in [0.05, 0.1) is 6.61 Å². The van der Waals surface area contributed by atoms with E-state index in [-0.39, 0.29) is 0 Å². The summed E-state index contributed by atoms with van der Waals surface area (Å²) in [5, 5.41) is 0. The maximum Gasteiger partial charge on any atom is 0.128 e. The van der Waals surface area contributed by atoms with Crippen molar-refractivity contribution in [2.45, 2.75) is 51.1 Å². The third-order valence-electron chi connectivity index (χ3n) is 6.14. The standard InChI is InChI=1S/C22H33N5O/c1-25(12-13-28-2)21-9-8-18(14-23-21)16-26-10-5-6-19(17-26)22-24-15-20-7-3-4-11-27(20)22/h8-9,14-15,19H,3-7,10-13,16-17H2,1-2H3/t19-/m0/s1. The minimum absolute atomic E-state index is 0.563. The SMILES string of the molecule is COCCN(C)c1ccc(CN2CCC[C@H](c3ncc4n3CCCC4)C2)cn1. The molecule has 1 fully saturated rings. The number of nitrogens with zero attached hydrogens (tertiary/aromatic N) is 5. The Kier molecular flexibility index (Phi) is 6.27. The van der Waals surface area contributed by atoms with Gasteiger partial charge < -0.3 is 14.2 Å². The van der Waals surface area contributed by atoms with Crippen molar-refractivity contribution in [2.24, 2.45) is 0 Å². The number of ether oxygens (including phenoxy) is 1. The molecule has 0 aliphatic carbocycles. The van der Waals surface area contributed by atoms with E-state index in [4.69, 9.17) is 9.72 Å². The molecular formula is C22H33N5O. The molecule has 2 aliphatic heterocycles. The molecule has 152 valence electrons. The summed E-state index contributed by atoms with van der Waals surface area (Å²) in [7, 11) is 3.79. The van der Waals surface area contributed by atoms with Crippen LogP contribution >= 0.6 is 0 Å². The van der Waals surface area contributed by atoms with Crippen LogP contribution in [0.3, 0.4) is 0 Å². The van der Waals surface area contributed by atoms with Gasteiger partial charge in [-0.2, -0.15) is 0 Å². The first-order valence-electron chi connectivity index (χ1n) is 10.7. The van der Waals surface area contributed by atoms with E-state index in [9.17, 15) is 0 Å². The average Bonchev–Trinajstić information content (AvgIpc) is 3.17. The van der Waals surface area contributed by atoms with Crippen LogP contribution in [0.5, 0.6) is 0 Å². The van der Waals surface area contributed by atoms with Gasteiger partial charge in [-0.1, -0.05) is 6.07 Å². The number of hydrogen-bond acceptors (Lipinski definition) is 5. The zero-order valence-electron chi connectivity index (χ0n) is 17.3. The highest BCUT2D eigenvalue weighted by Gasteiger charge is 2.26. The number of imidazole rings is 1. The van der Waals surface area contributed by atoms with Crippen LogP contribution in [0, 0.1) is 0 Å². The molecule has 28 heavy (non-hydrogen) atoms. The number of aryl methyl sites for hydroxylation is 1. The summed E-state index contributed by atoms with van der Waals surface area (Å²) in [6.07, 6.45) is 10.5. The summed E-state index contributed by atoms with van der Waals surface area (Å²) in [5.41, 5.74) is 2.73. The zero-order valence-corrected chi connectivity index (χ0v) is 17.3. The minimum Gasteiger partial charge on any atom is -0.383 e. The highest BCUT2D eigenvalue weighted by Crippen LogP contribution is 2.29. The number of likely N-dealkylation sites (N-methyl/N-ethyl adjacent to an activating group) is 1. The van der Waals surface area contributed by atoms with Crippen LogP contribution in [0.25, 0.3) is 0 Å². The molecule has 0 radical (unpaired) electrons. The molecule has 0 spiro atoms. The molecule has 0 bridgehead atoms. The number of piperidine rings is 1. The summed E-state index contributed by atoms with van der Waals surface area (Å²) >= 11 is 0. The predicted molar refractivity (Wildman–Crippen MR) is 112 cm³/mol. The van der Waals surface area contributed by atoms with E-state index in [0.717, 1.165) is 32.0 Å². The van der Waals surface area contributed by atoms with Crippen molar-refractivity contribution in [2.75, 3.05) is 45.3 Å². The zero-order chi connectivity index (χ0) is 19.3. The summed E-state index contributed by atoms with van der Waals surface area (Å²) < 4.78 is 7.65. The van der Waals surface area contributed by atoms with Crippen molar-refractivity contribution < 1.29 is 4.74 Å². The maximum atomic E-state index is 5.15. The molecule has 4 heterocycles. The van der Waals surface area contributed by atoms with E-state index in [0.29, 0.717) is 12.5 Å². The van der Waals surface area contributed by atoms with E-state index in [2.05, 4.69) is 44.7 Å². The van der Waals surface area contributed by atoms with Gasteiger partial charge in [0.25, 0.3) is 0 Å². The van der Waals surface area contributed by atoms with E-state index >= 15 is 0 Å². The van der Waals surface area contributed by atoms with Crippen LogP contribution in [0.2, 0.25) is 0 Å². The molecule has 2 aromatic rings. The van der Waals surface area contributed by atoms with Gasteiger partial charge in [-0.3, -0.25) is 4.90 Å². The van der Waals surface area contributed by atoms with Crippen LogP contribution in [-0.4, -0.2) is 59.8 Å². The molecule has 0 N–H and O–H groups in total. The Morgan fingerprint density at radius 1 is 1.14 bits per heavy atom. The Labute approximate surface area is 168 Å². The highest BCUT2D eigenvalue weighted by atomic mass is 16.5. The van der Waals surface area contributed by atoms with E-state index in [1.165, 1.54) is 55.7 Å². The normalized spacial score (nSPS) is 20.1. The maximum absolute atomic E-state index is 5.15. The number of rotatable bonds is 7. The molecule has 0 saturated carbocycles. The van der Waals surface area contributed by atoms with Crippen LogP contribution in [0.4, 0.5) is 5.82 Å². The van der Waals surface area contributed by atoms with Crippen molar-refractivity contribution in [3.8, 4) is 0 Å². The Morgan fingerprint density at radius 2 is 2.07 bits per heavy atom. The van der Waals surface area contributed by atoms with E-state index < -0.39 is 0 Å². The molecule has 1 atom stereocenters. The molecule has 6 nitrogen and oxygen atoms in total. The molecule has 2 aromatic heterocycles. The lowest BCUT2D eigenvalue weighted by atomic mass is 9.96. The van der Waals surface area contributed by atoms with Crippen molar-refractivity contribution >= 4 is 5.82 Å². The van der Waals surface area contributed by atoms with Crippen molar-refractivity contribution in [3.63, 3.8) is 0 Å². The van der Waals surface area contributed by atoms with Gasteiger partial charge in [0, 0.05) is 64.3 Å². The van der Waals surface area contributed by atoms with Gasteiger partial charge in [-0.15, -0.1) is 0 Å². The van der Waals surface area contributed by atoms with Gasteiger partial charge in [0.2, 0.25) is 0 Å². The Balaban J connectivity index is 1.37. The quantitative estimate of drug-likeness (QED) is 0.735. The fraction of sp³-hybridized carbons (Fsp3) is 0.636. The van der Waals surface area contributed by atoms with Gasteiger partial charge >= 0.3 is 0 Å². The monoisotopic (exact) mass is 383 g/mol. The molecule has 2 aliphatic rings. The van der Waals surface area contributed by atoms with Gasteiger partial charge in [-0.05, 0) is 50.3 Å². The molecular weight excluding hydrogens is 350 g/mol. The van der Waals surface area contributed by atoms with Gasteiger partial charge in [0.1, 0.15) is 11.6 Å². The second kappa shape index (κ2) is 9.05. The first kappa shape index (κ1) is 19.4. The smallest absolute Gasteiger partial charge is 0.128 e. The van der Waals surface area contributed by atoms with Gasteiger partial charge in [-0.25, -0.2) is 9.97 Å². The van der Waals surface area contributed by atoms with Gasteiger partial charge in [0.15, 0.2) is 0 Å². The number of pyridine rings is 1. The third kappa shape index (κ3) is 4.39. The van der Waals surface area contributed by atoms with Crippen LogP contribution in [0.1, 0.15) is 48.7 Å². The molecule has 0 unspecified atom stereocenters. The fourth-order valence-corrected chi connectivity index (χ4v) is 4.53. The number of anilines is 1. The summed E-state index contributed by atoms with van der Waals surface area (Å²) in [6.45, 7) is 5.96. The topological polar surface area (TPSA) is 46.4 Å². The van der Waals surface area contributed by atoms with Crippen molar-refractivity contribution in [1.82, 2.24) is 19.4 Å². The number of aromatic nitrogens is 3. The Bertz CT molecular complexity index is 757. The molecule has 1 saturated heterocycles. The number of hydrogen-bond donors (Lipinski definition) is 0. The van der Waals surface area contributed by atoms with E-state index in [1.54, 1.807) is 7.11 Å². The fourth-order valence-electron chi connectivity index (χ4n) is 4.53. The summed E-state index contributed by atoms with van der Waals surface area (Å²) in [5.74, 6) is 2.89. The molecule has 0 amide bonds. The molecule has 0 aromatic carbocycles. The Hall–Kier alpha value is -1.92. The largest absolute Gasteiger partial charge is 0.383 e. The van der Waals surface area contributed by atoms with Crippen LogP contribution in [-0.2, 0) is 24.2 Å². The molecule has 4 rings (SSSR count). The minimum atomic E-state index is 0.563. The van der Waals surface area contributed by atoms with Crippen LogP contribution < -0.4 is 4.90 Å². The summed E-state index contributed by atoms with van der Waals surface area (Å²) in [6, 6.07) is 4.34. The third-order valence-corrected chi connectivity index (χ3v) is 6.14. The van der Waals surface area contributed by atoms with Crippen molar-refractivity contribution in [1.29, 1.82) is 0 Å². The lowest BCUT2D eigenvalue weighted by Gasteiger charge is -2.33. The van der Waals surface area contributed by atoms with E-state index in [1.807, 2.05) is 6.20 Å². The second-order valence-electron chi connectivity index (χ2n) is 8.23. The Morgan fingerprint density at radius 3 is 2.89 bits per heavy atom. The average molecular weight is 384 g/mol. The first-order valence-corrected chi connectivity index (χ1v) is 10.7. The summed E-state index contributed by atoms with van der Waals surface area (Å²) in [4.78, 5) is 14.2. The van der Waals surface area contributed by atoms with Crippen LogP contribution in [0.15, 0.2) is 24.5 Å². The molecule has 6 heteroatoms. The highest BCUT2D eigenvalue weighted by molar-refractivity contribution is 5.38. The number of methoxy groups -OCH3 is 1. The second-order valence-corrected chi connectivity index (χ2v) is 8.23. The van der Waals surface area contributed by atoms with Crippen molar-refractivity contribution in [3.05, 3.63) is 41.6 Å².